The fraction of sp³-hybridized carbons (Fsp3) is 0.545. The highest BCUT2D eigenvalue weighted by Crippen LogP contribution is 2.30. The summed E-state index contributed by atoms with van der Waals surface area (Å²) >= 11 is 1.60. The first kappa shape index (κ1) is 19.5. The molecule has 1 atom stereocenters. The number of carbonyl (C=O) groups is 2. The van der Waals surface area contributed by atoms with Crippen molar-refractivity contribution in [2.75, 3.05) is 19.6 Å². The van der Waals surface area contributed by atoms with Gasteiger partial charge < -0.3 is 14.8 Å². The van der Waals surface area contributed by atoms with Gasteiger partial charge in [-0.15, -0.1) is 11.3 Å². The number of aromatic amines is 1. The lowest BCUT2D eigenvalue weighted by Gasteiger charge is -2.34. The van der Waals surface area contributed by atoms with E-state index in [0.717, 1.165) is 36.3 Å². The first-order chi connectivity index (χ1) is 14.6. The van der Waals surface area contributed by atoms with Crippen molar-refractivity contribution in [1.29, 1.82) is 0 Å². The predicted molar refractivity (Wildman–Crippen MR) is 113 cm³/mol. The van der Waals surface area contributed by atoms with E-state index in [1.54, 1.807) is 11.3 Å². The molecule has 2 amide bonds. The summed E-state index contributed by atoms with van der Waals surface area (Å²) in [5.41, 5.74) is 1.35. The number of hydrogen-bond acceptors (Lipinski definition) is 5. The van der Waals surface area contributed by atoms with Gasteiger partial charge in [0.25, 0.3) is 5.56 Å². The van der Waals surface area contributed by atoms with Gasteiger partial charge in [0.1, 0.15) is 5.82 Å². The van der Waals surface area contributed by atoms with E-state index in [2.05, 4.69) is 4.98 Å². The maximum absolute atomic E-state index is 12.7. The molecule has 8 heteroatoms. The smallest absolute Gasteiger partial charge is 0.254 e. The van der Waals surface area contributed by atoms with Crippen LogP contribution >= 0.6 is 11.3 Å². The minimum absolute atomic E-state index is 0.0352. The van der Waals surface area contributed by atoms with Gasteiger partial charge in [0.2, 0.25) is 11.8 Å². The van der Waals surface area contributed by atoms with E-state index >= 15 is 0 Å². The van der Waals surface area contributed by atoms with Gasteiger partial charge in [-0.05, 0) is 37.1 Å². The number of rotatable bonds is 4. The predicted octanol–water partition coefficient (Wildman–Crippen LogP) is 2.07. The number of thiophene rings is 1. The number of nitrogens with one attached hydrogen (secondary N) is 1. The molecule has 7 nitrogen and oxygen atoms in total. The molecule has 2 aromatic heterocycles. The molecule has 1 saturated heterocycles. The Morgan fingerprint density at radius 2 is 2.07 bits per heavy atom. The van der Waals surface area contributed by atoms with Crippen LogP contribution in [-0.2, 0) is 29.0 Å². The number of H-pyrrole nitrogens is 1. The monoisotopic (exact) mass is 426 g/mol. The molecule has 0 unspecified atom stereocenters. The van der Waals surface area contributed by atoms with Crippen LogP contribution in [0.3, 0.4) is 0 Å². The maximum Gasteiger partial charge on any atom is 0.254 e. The van der Waals surface area contributed by atoms with Crippen molar-refractivity contribution >= 4 is 23.2 Å². The van der Waals surface area contributed by atoms with Crippen LogP contribution in [0.1, 0.15) is 53.6 Å². The Balaban J connectivity index is 1.29. The Hall–Kier alpha value is -2.48. The third-order valence-corrected chi connectivity index (χ3v) is 7.57. The summed E-state index contributed by atoms with van der Waals surface area (Å²) < 4.78 is 0. The molecule has 158 valence electrons. The standard InChI is InChI=1S/C22H26N4O3S/c27-19(11-16-5-2-10-30-16)25-8-6-15(12-25)20-23-18-13-26(22(29)14-3-1-4-14)9-7-17(18)21(28)24-20/h2,5,10,14-15H,1,3-4,6-9,11-13H2,(H,23,24,28)/t15-/m1/s1. The van der Waals surface area contributed by atoms with E-state index in [1.807, 2.05) is 27.3 Å². The Bertz CT molecular complexity index is 1010. The van der Waals surface area contributed by atoms with Crippen LogP contribution in [-0.4, -0.2) is 51.2 Å². The van der Waals surface area contributed by atoms with Crippen molar-refractivity contribution in [3.63, 3.8) is 0 Å². The fourth-order valence-electron chi connectivity index (χ4n) is 4.64. The number of nitrogens with zero attached hydrogens (tertiary/aromatic N) is 3. The molecule has 0 radical (unpaired) electrons. The summed E-state index contributed by atoms with van der Waals surface area (Å²) in [5, 5.41) is 1.98. The van der Waals surface area contributed by atoms with Crippen molar-refractivity contribution in [2.24, 2.45) is 5.92 Å². The first-order valence-electron chi connectivity index (χ1n) is 10.8. The lowest BCUT2D eigenvalue weighted by Crippen LogP contribution is -2.43. The highest BCUT2D eigenvalue weighted by Gasteiger charge is 2.34. The zero-order valence-electron chi connectivity index (χ0n) is 16.9. The normalized spacial score (nSPS) is 21.4. The molecule has 4 heterocycles. The summed E-state index contributed by atoms with van der Waals surface area (Å²) in [6.45, 7) is 2.29. The Kier molecular flexibility index (Phi) is 5.18. The molecular weight excluding hydrogens is 400 g/mol. The van der Waals surface area contributed by atoms with Crippen LogP contribution in [0.4, 0.5) is 0 Å². The summed E-state index contributed by atoms with van der Waals surface area (Å²) in [6, 6.07) is 3.94. The van der Waals surface area contributed by atoms with Gasteiger partial charge in [0.15, 0.2) is 0 Å². The summed E-state index contributed by atoms with van der Waals surface area (Å²) in [4.78, 5) is 50.5. The molecule has 2 fully saturated rings. The second-order valence-electron chi connectivity index (χ2n) is 8.60. The van der Waals surface area contributed by atoms with E-state index in [9.17, 15) is 14.4 Å². The maximum atomic E-state index is 12.7. The SMILES string of the molecule is O=C(Cc1cccs1)N1CC[C@@H](c2nc3c(c(=O)[nH]2)CCN(C(=O)C2CCC2)C3)C1. The van der Waals surface area contributed by atoms with Gasteiger partial charge in [-0.25, -0.2) is 4.98 Å². The summed E-state index contributed by atoms with van der Waals surface area (Å²) in [6.07, 6.45) is 4.87. The van der Waals surface area contributed by atoms with Crippen LogP contribution in [0.2, 0.25) is 0 Å². The summed E-state index contributed by atoms with van der Waals surface area (Å²) in [5.74, 6) is 1.18. The van der Waals surface area contributed by atoms with Crippen molar-refractivity contribution in [1.82, 2.24) is 19.8 Å². The van der Waals surface area contributed by atoms with Crippen molar-refractivity contribution in [2.45, 2.75) is 51.0 Å². The zero-order valence-corrected chi connectivity index (χ0v) is 17.7. The van der Waals surface area contributed by atoms with Gasteiger partial charge in [0, 0.05) is 41.9 Å². The topological polar surface area (TPSA) is 86.4 Å². The number of amides is 2. The highest BCUT2D eigenvalue weighted by atomic mass is 32.1. The number of likely N-dealkylation sites (tertiary alicyclic amines) is 1. The number of carbonyl (C=O) groups excluding carboxylic acids is 2. The van der Waals surface area contributed by atoms with Gasteiger partial charge in [-0.2, -0.15) is 0 Å². The van der Waals surface area contributed by atoms with Gasteiger partial charge >= 0.3 is 0 Å². The van der Waals surface area contributed by atoms with E-state index in [4.69, 9.17) is 4.98 Å². The third kappa shape index (κ3) is 3.69. The lowest BCUT2D eigenvalue weighted by molar-refractivity contribution is -0.139. The average molecular weight is 427 g/mol. The molecule has 2 aliphatic heterocycles. The van der Waals surface area contributed by atoms with Crippen molar-refractivity contribution in [3.8, 4) is 0 Å². The molecule has 0 spiro atoms. The van der Waals surface area contributed by atoms with Gasteiger partial charge in [-0.3, -0.25) is 14.4 Å². The minimum Gasteiger partial charge on any atom is -0.342 e. The first-order valence-corrected chi connectivity index (χ1v) is 11.7. The number of aromatic nitrogens is 2. The van der Waals surface area contributed by atoms with Crippen LogP contribution in [0.15, 0.2) is 22.3 Å². The fourth-order valence-corrected chi connectivity index (χ4v) is 5.33. The quantitative estimate of drug-likeness (QED) is 0.811. The third-order valence-electron chi connectivity index (χ3n) is 6.69. The average Bonchev–Trinajstić information content (AvgIpc) is 3.38. The number of fused-ring (bicyclic) bond motifs is 1. The lowest BCUT2D eigenvalue weighted by atomic mass is 9.84. The molecule has 0 bridgehead atoms. The van der Waals surface area contributed by atoms with E-state index in [-0.39, 0.29) is 29.2 Å². The Morgan fingerprint density at radius 1 is 1.20 bits per heavy atom. The van der Waals surface area contributed by atoms with E-state index in [0.29, 0.717) is 50.4 Å². The van der Waals surface area contributed by atoms with Crippen LogP contribution < -0.4 is 5.56 Å². The second-order valence-corrected chi connectivity index (χ2v) is 9.63. The Morgan fingerprint density at radius 3 is 2.80 bits per heavy atom. The minimum atomic E-state index is -0.0888. The van der Waals surface area contributed by atoms with Crippen LogP contribution in [0, 0.1) is 5.92 Å². The second kappa shape index (κ2) is 7.98. The zero-order chi connectivity index (χ0) is 20.7. The van der Waals surface area contributed by atoms with Gasteiger partial charge in [-0.1, -0.05) is 12.5 Å². The van der Waals surface area contributed by atoms with E-state index < -0.39 is 0 Å². The number of hydrogen-bond donors (Lipinski definition) is 1. The van der Waals surface area contributed by atoms with Crippen molar-refractivity contribution < 1.29 is 9.59 Å². The van der Waals surface area contributed by atoms with Crippen LogP contribution in [0.5, 0.6) is 0 Å². The van der Waals surface area contributed by atoms with Crippen molar-refractivity contribution in [3.05, 3.63) is 49.8 Å². The van der Waals surface area contributed by atoms with E-state index in [1.165, 1.54) is 0 Å². The molecule has 0 aromatic carbocycles. The molecule has 30 heavy (non-hydrogen) atoms. The van der Waals surface area contributed by atoms with Gasteiger partial charge in [0.05, 0.1) is 18.7 Å². The molecule has 3 aliphatic rings. The molecule has 5 rings (SSSR count). The molecule has 1 N–H and O–H groups in total. The Labute approximate surface area is 179 Å². The molecule has 2 aromatic rings. The highest BCUT2D eigenvalue weighted by molar-refractivity contribution is 7.10. The summed E-state index contributed by atoms with van der Waals surface area (Å²) in [7, 11) is 0. The molecule has 1 saturated carbocycles. The molecule has 1 aliphatic carbocycles. The van der Waals surface area contributed by atoms with Crippen LogP contribution in [0.25, 0.3) is 0 Å². The largest absolute Gasteiger partial charge is 0.342 e. The molecular formula is C22H26N4O3S.